The van der Waals surface area contributed by atoms with Crippen LogP contribution in [0.4, 0.5) is 0 Å². The minimum Gasteiger partial charge on any atom is -0.341 e. The smallest absolute Gasteiger partial charge is 0.224 e. The SMILES string of the molecule is CC.CCNCCN1CCC1=O. The van der Waals surface area contributed by atoms with Crippen LogP contribution in [0.3, 0.4) is 0 Å². The third-order valence-corrected chi connectivity index (χ3v) is 1.76. The Labute approximate surface area is 75.1 Å². The zero-order valence-corrected chi connectivity index (χ0v) is 8.39. The van der Waals surface area contributed by atoms with E-state index in [0.29, 0.717) is 5.91 Å². The van der Waals surface area contributed by atoms with Crippen LogP contribution in [0.2, 0.25) is 0 Å². The number of hydrogen-bond donors (Lipinski definition) is 1. The Morgan fingerprint density at radius 3 is 2.50 bits per heavy atom. The van der Waals surface area contributed by atoms with Gasteiger partial charge >= 0.3 is 0 Å². The molecule has 1 amide bonds. The lowest BCUT2D eigenvalue weighted by molar-refractivity contribution is -0.139. The molecule has 1 aliphatic rings. The number of nitrogens with one attached hydrogen (secondary N) is 1. The molecule has 0 spiro atoms. The predicted octanol–water partition coefficient (Wildman–Crippen LogP) is 0.854. The van der Waals surface area contributed by atoms with Gasteiger partial charge in [0, 0.05) is 26.1 Å². The first-order valence-electron chi connectivity index (χ1n) is 4.83. The predicted molar refractivity (Wildman–Crippen MR) is 51.1 cm³/mol. The number of carbonyl (C=O) groups is 1. The summed E-state index contributed by atoms with van der Waals surface area (Å²) in [4.78, 5) is 12.6. The number of nitrogens with zero attached hydrogens (tertiary/aromatic N) is 1. The van der Waals surface area contributed by atoms with Crippen LogP contribution in [0.5, 0.6) is 0 Å². The third kappa shape index (κ3) is 3.72. The van der Waals surface area contributed by atoms with Gasteiger partial charge in [0.1, 0.15) is 0 Å². The van der Waals surface area contributed by atoms with Crippen LogP contribution in [-0.4, -0.2) is 37.0 Å². The monoisotopic (exact) mass is 172 g/mol. The maximum atomic E-state index is 10.7. The molecule has 1 fully saturated rings. The highest BCUT2D eigenvalue weighted by Crippen LogP contribution is 2.05. The number of likely N-dealkylation sites (tertiary alicyclic amines) is 1. The number of hydrogen-bond acceptors (Lipinski definition) is 2. The molecule has 3 nitrogen and oxygen atoms in total. The first-order valence-corrected chi connectivity index (χ1v) is 4.83. The van der Waals surface area contributed by atoms with Crippen molar-refractivity contribution in [3.63, 3.8) is 0 Å². The molecule has 1 rings (SSSR count). The van der Waals surface area contributed by atoms with E-state index in [0.717, 1.165) is 32.6 Å². The second-order valence-corrected chi connectivity index (χ2v) is 2.48. The third-order valence-electron chi connectivity index (χ3n) is 1.76. The molecule has 0 aliphatic carbocycles. The maximum Gasteiger partial charge on any atom is 0.224 e. The van der Waals surface area contributed by atoms with Gasteiger partial charge in [-0.1, -0.05) is 20.8 Å². The Morgan fingerprint density at radius 1 is 1.50 bits per heavy atom. The fraction of sp³-hybridized carbons (Fsp3) is 0.889. The van der Waals surface area contributed by atoms with E-state index in [1.807, 2.05) is 18.7 Å². The van der Waals surface area contributed by atoms with Gasteiger partial charge in [-0.3, -0.25) is 4.79 Å². The van der Waals surface area contributed by atoms with Gasteiger partial charge in [0.2, 0.25) is 5.91 Å². The van der Waals surface area contributed by atoms with Crippen molar-refractivity contribution < 1.29 is 4.79 Å². The van der Waals surface area contributed by atoms with E-state index in [4.69, 9.17) is 0 Å². The van der Waals surface area contributed by atoms with Gasteiger partial charge < -0.3 is 10.2 Å². The summed E-state index contributed by atoms with van der Waals surface area (Å²) in [5.41, 5.74) is 0. The fourth-order valence-corrected chi connectivity index (χ4v) is 0.989. The van der Waals surface area contributed by atoms with E-state index in [9.17, 15) is 4.79 Å². The van der Waals surface area contributed by atoms with Crippen molar-refractivity contribution in [3.8, 4) is 0 Å². The van der Waals surface area contributed by atoms with Crippen molar-refractivity contribution in [2.75, 3.05) is 26.2 Å². The molecular weight excluding hydrogens is 152 g/mol. The van der Waals surface area contributed by atoms with Gasteiger partial charge in [-0.05, 0) is 6.54 Å². The lowest BCUT2D eigenvalue weighted by atomic mass is 10.2. The Bertz CT molecular complexity index is 126. The summed E-state index contributed by atoms with van der Waals surface area (Å²) in [6.07, 6.45) is 0.756. The van der Waals surface area contributed by atoms with Gasteiger partial charge in [-0.25, -0.2) is 0 Å². The Hall–Kier alpha value is -0.570. The Morgan fingerprint density at radius 2 is 2.17 bits per heavy atom. The minimum atomic E-state index is 0.304. The molecule has 1 aliphatic heterocycles. The Balaban J connectivity index is 0.000000561. The molecule has 0 aromatic carbocycles. The summed E-state index contributed by atoms with van der Waals surface area (Å²) < 4.78 is 0. The van der Waals surface area contributed by atoms with Crippen LogP contribution in [-0.2, 0) is 4.79 Å². The number of β-lactam (4-membered cyclic amide) rings is 1. The molecule has 72 valence electrons. The summed E-state index contributed by atoms with van der Waals surface area (Å²) in [5, 5.41) is 3.17. The molecule has 0 aromatic heterocycles. The second kappa shape index (κ2) is 7.10. The topological polar surface area (TPSA) is 32.3 Å². The van der Waals surface area contributed by atoms with Crippen molar-refractivity contribution in [1.29, 1.82) is 0 Å². The van der Waals surface area contributed by atoms with Crippen LogP contribution < -0.4 is 5.32 Å². The van der Waals surface area contributed by atoms with Crippen molar-refractivity contribution in [3.05, 3.63) is 0 Å². The highest BCUT2D eigenvalue weighted by Gasteiger charge is 2.21. The molecule has 0 unspecified atom stereocenters. The molecule has 1 N–H and O–H groups in total. The highest BCUT2D eigenvalue weighted by molar-refractivity contribution is 5.81. The van der Waals surface area contributed by atoms with Crippen LogP contribution in [0.15, 0.2) is 0 Å². The molecule has 0 radical (unpaired) electrons. The second-order valence-electron chi connectivity index (χ2n) is 2.48. The molecule has 0 saturated carbocycles. The summed E-state index contributed by atoms with van der Waals surface area (Å²) in [7, 11) is 0. The highest BCUT2D eigenvalue weighted by atomic mass is 16.2. The fourth-order valence-electron chi connectivity index (χ4n) is 0.989. The van der Waals surface area contributed by atoms with E-state index in [1.54, 1.807) is 0 Å². The first kappa shape index (κ1) is 11.4. The average Bonchev–Trinajstić information content (AvgIpc) is 2.13. The number of rotatable bonds is 4. The molecular formula is C9H20N2O. The molecule has 1 saturated heterocycles. The van der Waals surface area contributed by atoms with Gasteiger partial charge in [0.15, 0.2) is 0 Å². The molecule has 1 heterocycles. The lowest BCUT2D eigenvalue weighted by Crippen LogP contribution is -2.46. The van der Waals surface area contributed by atoms with E-state index < -0.39 is 0 Å². The van der Waals surface area contributed by atoms with Crippen LogP contribution in [0, 0.1) is 0 Å². The normalized spacial score (nSPS) is 14.9. The standard InChI is InChI=1S/C7H14N2O.C2H6/c1-2-8-4-6-9-5-3-7(9)10;1-2/h8H,2-6H2,1H3;1-2H3. The number of likely N-dealkylation sites (N-methyl/N-ethyl adjacent to an activating group) is 1. The van der Waals surface area contributed by atoms with Gasteiger partial charge in [-0.15, -0.1) is 0 Å². The van der Waals surface area contributed by atoms with Gasteiger partial charge in [-0.2, -0.15) is 0 Å². The number of amides is 1. The van der Waals surface area contributed by atoms with E-state index in [2.05, 4.69) is 12.2 Å². The molecule has 0 bridgehead atoms. The van der Waals surface area contributed by atoms with E-state index in [-0.39, 0.29) is 0 Å². The van der Waals surface area contributed by atoms with Crippen molar-refractivity contribution in [2.45, 2.75) is 27.2 Å². The van der Waals surface area contributed by atoms with Crippen LogP contribution in [0.25, 0.3) is 0 Å². The molecule has 12 heavy (non-hydrogen) atoms. The lowest BCUT2D eigenvalue weighted by Gasteiger charge is -2.30. The summed E-state index contributed by atoms with van der Waals surface area (Å²) in [6, 6.07) is 0. The van der Waals surface area contributed by atoms with Crippen molar-refractivity contribution in [2.24, 2.45) is 0 Å². The summed E-state index contributed by atoms with van der Waals surface area (Å²) in [5.74, 6) is 0.304. The van der Waals surface area contributed by atoms with E-state index in [1.165, 1.54) is 0 Å². The molecule has 0 aromatic rings. The maximum absolute atomic E-state index is 10.7. The summed E-state index contributed by atoms with van der Waals surface area (Å²) in [6.45, 7) is 9.83. The van der Waals surface area contributed by atoms with Gasteiger partial charge in [0.05, 0.1) is 0 Å². The van der Waals surface area contributed by atoms with Crippen molar-refractivity contribution in [1.82, 2.24) is 10.2 Å². The van der Waals surface area contributed by atoms with Crippen LogP contribution >= 0.6 is 0 Å². The zero-order chi connectivity index (χ0) is 9.40. The van der Waals surface area contributed by atoms with Crippen LogP contribution in [0.1, 0.15) is 27.2 Å². The zero-order valence-electron chi connectivity index (χ0n) is 8.39. The summed E-state index contributed by atoms with van der Waals surface area (Å²) >= 11 is 0. The average molecular weight is 172 g/mol. The number of carbonyl (C=O) groups excluding carboxylic acids is 1. The van der Waals surface area contributed by atoms with Crippen molar-refractivity contribution >= 4 is 5.91 Å². The van der Waals surface area contributed by atoms with E-state index >= 15 is 0 Å². The molecule has 0 atom stereocenters. The largest absolute Gasteiger partial charge is 0.341 e. The Kier molecular flexibility index (Phi) is 6.76. The quantitative estimate of drug-likeness (QED) is 0.504. The minimum absolute atomic E-state index is 0.304. The van der Waals surface area contributed by atoms with Gasteiger partial charge in [0.25, 0.3) is 0 Å². The molecule has 3 heteroatoms. The first-order chi connectivity index (χ1) is 5.84.